The minimum atomic E-state index is 0.387. The van der Waals surface area contributed by atoms with Gasteiger partial charge < -0.3 is 11.1 Å². The molecule has 0 radical (unpaired) electrons. The molecule has 90 valence electrons. The van der Waals surface area contributed by atoms with Crippen molar-refractivity contribution in [3.8, 4) is 0 Å². The number of hydrogen-bond acceptors (Lipinski definition) is 2. The van der Waals surface area contributed by atoms with E-state index in [9.17, 15) is 0 Å². The monoisotopic (exact) mass is 284 g/mol. The van der Waals surface area contributed by atoms with Gasteiger partial charge in [-0.3, -0.25) is 0 Å². The number of hydrogen-bond donors (Lipinski definition) is 2. The molecule has 0 heterocycles. The van der Waals surface area contributed by atoms with Crippen LogP contribution in [0.3, 0.4) is 0 Å². The van der Waals surface area contributed by atoms with Crippen molar-refractivity contribution < 1.29 is 0 Å². The van der Waals surface area contributed by atoms with E-state index >= 15 is 0 Å². The fourth-order valence-electron chi connectivity index (χ4n) is 1.66. The molecule has 0 fully saturated rings. The molecule has 0 spiro atoms. The van der Waals surface area contributed by atoms with Gasteiger partial charge in [0.25, 0.3) is 0 Å². The van der Waals surface area contributed by atoms with E-state index in [4.69, 9.17) is 5.73 Å². The molecule has 0 aliphatic heterocycles. The van der Waals surface area contributed by atoms with Crippen LogP contribution in [-0.4, -0.2) is 12.6 Å². The molecule has 0 aliphatic carbocycles. The number of benzene rings is 1. The summed E-state index contributed by atoms with van der Waals surface area (Å²) in [5.74, 6) is 0.567. The summed E-state index contributed by atoms with van der Waals surface area (Å²) in [6, 6.07) is 6.75. The van der Waals surface area contributed by atoms with Gasteiger partial charge >= 0.3 is 0 Å². The van der Waals surface area contributed by atoms with E-state index in [-0.39, 0.29) is 0 Å². The molecule has 0 amide bonds. The highest BCUT2D eigenvalue weighted by atomic mass is 79.9. The number of aryl methyl sites for hydroxylation is 1. The summed E-state index contributed by atoms with van der Waals surface area (Å²) in [6.45, 7) is 8.09. The first-order chi connectivity index (χ1) is 7.54. The third-order valence-corrected chi connectivity index (χ3v) is 3.42. The normalized spacial score (nSPS) is 13.1. The van der Waals surface area contributed by atoms with Gasteiger partial charge in [0.2, 0.25) is 0 Å². The molecule has 1 rings (SSSR count). The topological polar surface area (TPSA) is 38.0 Å². The zero-order chi connectivity index (χ0) is 12.1. The first-order valence-corrected chi connectivity index (χ1v) is 6.52. The fraction of sp³-hybridized carbons (Fsp3) is 0.538. The Bertz CT molecular complexity index is 337. The minimum Gasteiger partial charge on any atom is -0.329 e. The Labute approximate surface area is 107 Å². The molecule has 0 bridgehead atoms. The Kier molecular flexibility index (Phi) is 5.46. The van der Waals surface area contributed by atoms with E-state index in [0.717, 1.165) is 11.0 Å². The van der Waals surface area contributed by atoms with Crippen molar-refractivity contribution in [2.45, 2.75) is 33.4 Å². The van der Waals surface area contributed by atoms with Crippen LogP contribution in [0.2, 0.25) is 0 Å². The standard InChI is InChI=1S/C13H21BrN2/c1-9(2)13(7-15)16-8-11-6-12(14)5-4-10(11)3/h4-6,9,13,16H,7-8,15H2,1-3H3. The second kappa shape index (κ2) is 6.38. The summed E-state index contributed by atoms with van der Waals surface area (Å²) in [5, 5.41) is 3.51. The molecule has 2 nitrogen and oxygen atoms in total. The Morgan fingerprint density at radius 2 is 2.06 bits per heavy atom. The van der Waals surface area contributed by atoms with Crippen molar-refractivity contribution in [3.05, 3.63) is 33.8 Å². The van der Waals surface area contributed by atoms with E-state index < -0.39 is 0 Å². The van der Waals surface area contributed by atoms with E-state index in [1.807, 2.05) is 0 Å². The van der Waals surface area contributed by atoms with E-state index in [1.165, 1.54) is 11.1 Å². The Morgan fingerprint density at radius 1 is 1.38 bits per heavy atom. The van der Waals surface area contributed by atoms with Crippen LogP contribution in [0.5, 0.6) is 0 Å². The Hall–Kier alpha value is -0.380. The smallest absolute Gasteiger partial charge is 0.0216 e. The van der Waals surface area contributed by atoms with Gasteiger partial charge in [0.15, 0.2) is 0 Å². The summed E-state index contributed by atoms with van der Waals surface area (Å²) in [6.07, 6.45) is 0. The third kappa shape index (κ3) is 3.89. The summed E-state index contributed by atoms with van der Waals surface area (Å²) in [4.78, 5) is 0. The highest BCUT2D eigenvalue weighted by Crippen LogP contribution is 2.16. The maximum absolute atomic E-state index is 5.73. The van der Waals surface area contributed by atoms with Gasteiger partial charge in [-0.2, -0.15) is 0 Å². The minimum absolute atomic E-state index is 0.387. The molecule has 1 unspecified atom stereocenters. The van der Waals surface area contributed by atoms with Crippen LogP contribution < -0.4 is 11.1 Å². The van der Waals surface area contributed by atoms with Crippen LogP contribution in [0.25, 0.3) is 0 Å². The van der Waals surface area contributed by atoms with Crippen molar-refractivity contribution in [2.24, 2.45) is 11.7 Å². The van der Waals surface area contributed by atoms with Crippen LogP contribution in [-0.2, 0) is 6.54 Å². The predicted octanol–water partition coefficient (Wildman–Crippen LogP) is 2.83. The van der Waals surface area contributed by atoms with E-state index in [2.05, 4.69) is 60.2 Å². The second-order valence-electron chi connectivity index (χ2n) is 4.54. The van der Waals surface area contributed by atoms with Crippen molar-refractivity contribution in [1.29, 1.82) is 0 Å². The quantitative estimate of drug-likeness (QED) is 0.873. The lowest BCUT2D eigenvalue weighted by molar-refractivity contribution is 0.404. The highest BCUT2D eigenvalue weighted by Gasteiger charge is 2.10. The van der Waals surface area contributed by atoms with Crippen molar-refractivity contribution in [3.63, 3.8) is 0 Å². The van der Waals surface area contributed by atoms with Crippen LogP contribution in [0.4, 0.5) is 0 Å². The number of nitrogens with one attached hydrogen (secondary N) is 1. The van der Waals surface area contributed by atoms with Crippen LogP contribution in [0, 0.1) is 12.8 Å². The molecular weight excluding hydrogens is 264 g/mol. The largest absolute Gasteiger partial charge is 0.329 e. The first-order valence-electron chi connectivity index (χ1n) is 5.73. The van der Waals surface area contributed by atoms with Crippen LogP contribution >= 0.6 is 15.9 Å². The zero-order valence-corrected chi connectivity index (χ0v) is 11.8. The summed E-state index contributed by atoms with van der Waals surface area (Å²) < 4.78 is 1.13. The molecule has 0 aliphatic rings. The number of halogens is 1. The molecule has 1 atom stereocenters. The summed E-state index contributed by atoms with van der Waals surface area (Å²) in [5.41, 5.74) is 8.38. The highest BCUT2D eigenvalue weighted by molar-refractivity contribution is 9.10. The van der Waals surface area contributed by atoms with Crippen LogP contribution in [0.1, 0.15) is 25.0 Å². The van der Waals surface area contributed by atoms with Gasteiger partial charge in [-0.1, -0.05) is 35.8 Å². The Balaban J connectivity index is 2.63. The lowest BCUT2D eigenvalue weighted by Crippen LogP contribution is -2.39. The third-order valence-electron chi connectivity index (χ3n) is 2.92. The molecule has 16 heavy (non-hydrogen) atoms. The van der Waals surface area contributed by atoms with E-state index in [1.54, 1.807) is 0 Å². The van der Waals surface area contributed by atoms with Gasteiger partial charge in [-0.15, -0.1) is 0 Å². The fourth-order valence-corrected chi connectivity index (χ4v) is 2.07. The zero-order valence-electron chi connectivity index (χ0n) is 10.3. The Morgan fingerprint density at radius 3 is 2.62 bits per heavy atom. The number of nitrogens with two attached hydrogens (primary N) is 1. The van der Waals surface area contributed by atoms with Gasteiger partial charge in [0.05, 0.1) is 0 Å². The number of rotatable bonds is 5. The molecule has 3 N–H and O–H groups in total. The first kappa shape index (κ1) is 13.7. The van der Waals surface area contributed by atoms with Crippen molar-refractivity contribution in [2.75, 3.05) is 6.54 Å². The lowest BCUT2D eigenvalue weighted by atomic mass is 10.0. The molecule has 0 saturated carbocycles. The predicted molar refractivity (Wildman–Crippen MR) is 73.4 cm³/mol. The van der Waals surface area contributed by atoms with Gasteiger partial charge in [-0.05, 0) is 36.1 Å². The maximum atomic E-state index is 5.73. The lowest BCUT2D eigenvalue weighted by Gasteiger charge is -2.21. The second-order valence-corrected chi connectivity index (χ2v) is 5.45. The average Bonchev–Trinajstić information content (AvgIpc) is 2.23. The summed E-state index contributed by atoms with van der Waals surface area (Å²) in [7, 11) is 0. The van der Waals surface area contributed by atoms with Crippen LogP contribution in [0.15, 0.2) is 22.7 Å². The van der Waals surface area contributed by atoms with Crippen molar-refractivity contribution in [1.82, 2.24) is 5.32 Å². The van der Waals surface area contributed by atoms with E-state index in [0.29, 0.717) is 18.5 Å². The average molecular weight is 285 g/mol. The summed E-state index contributed by atoms with van der Waals surface area (Å²) >= 11 is 3.50. The van der Waals surface area contributed by atoms with Gasteiger partial charge in [0, 0.05) is 23.6 Å². The van der Waals surface area contributed by atoms with Gasteiger partial charge in [-0.25, -0.2) is 0 Å². The van der Waals surface area contributed by atoms with Gasteiger partial charge in [0.1, 0.15) is 0 Å². The molecule has 3 heteroatoms. The SMILES string of the molecule is Cc1ccc(Br)cc1CNC(CN)C(C)C. The molecule has 1 aromatic carbocycles. The molecule has 0 aromatic heterocycles. The maximum Gasteiger partial charge on any atom is 0.0216 e. The van der Waals surface area contributed by atoms with Crippen molar-refractivity contribution >= 4 is 15.9 Å². The molecule has 0 saturated heterocycles. The molecular formula is C13H21BrN2. The molecule has 1 aromatic rings.